The van der Waals surface area contributed by atoms with Gasteiger partial charge in [0, 0.05) is 17.1 Å². The van der Waals surface area contributed by atoms with Crippen molar-refractivity contribution in [3.05, 3.63) is 64.0 Å². The number of carboxylic acid groups (broad SMARTS) is 1. The number of rotatable bonds is 10. The summed E-state index contributed by atoms with van der Waals surface area (Å²) in [7, 11) is 0. The highest BCUT2D eigenvalue weighted by atomic mass is 35.5. The van der Waals surface area contributed by atoms with E-state index >= 15 is 0 Å². The summed E-state index contributed by atoms with van der Waals surface area (Å²) in [6.45, 7) is 0.408. The fourth-order valence-electron chi connectivity index (χ4n) is 2.41. The molecule has 2 aromatic carbocycles. The van der Waals surface area contributed by atoms with E-state index in [-0.39, 0.29) is 22.4 Å². The molecule has 3 rings (SSSR count). The first-order chi connectivity index (χ1) is 14.9. The predicted molar refractivity (Wildman–Crippen MR) is 115 cm³/mol. The monoisotopic (exact) mass is 480 g/mol. The molecule has 0 fully saturated rings. The molecule has 1 amide bonds. The Morgan fingerprint density at radius 3 is 2.61 bits per heavy atom. The summed E-state index contributed by atoms with van der Waals surface area (Å²) in [5, 5.41) is 22.5. The van der Waals surface area contributed by atoms with Gasteiger partial charge >= 0.3 is 0 Å². The summed E-state index contributed by atoms with van der Waals surface area (Å²) in [5.74, 6) is -0.526. The van der Waals surface area contributed by atoms with Gasteiger partial charge in [0.05, 0.1) is 23.4 Å². The number of nitrogens with zero attached hydrogens (tertiary/aromatic N) is 2. The lowest BCUT2D eigenvalue weighted by molar-refractivity contribution is -0.255. The minimum absolute atomic E-state index is 0.0347. The minimum Gasteiger partial charge on any atom is -0.545 e. The van der Waals surface area contributed by atoms with E-state index in [0.29, 0.717) is 46.8 Å². The van der Waals surface area contributed by atoms with E-state index in [2.05, 4.69) is 15.5 Å². The molecule has 162 valence electrons. The third kappa shape index (κ3) is 7.16. The first kappa shape index (κ1) is 22.9. The van der Waals surface area contributed by atoms with Gasteiger partial charge in [0.15, 0.2) is 0 Å². The van der Waals surface area contributed by atoms with Crippen LogP contribution >= 0.6 is 35.0 Å². The van der Waals surface area contributed by atoms with Gasteiger partial charge in [-0.15, -0.1) is 10.2 Å². The van der Waals surface area contributed by atoms with E-state index in [1.807, 2.05) is 0 Å². The number of nitrogens with one attached hydrogen (secondary N) is 1. The second kappa shape index (κ2) is 11.0. The average molecular weight is 481 g/mol. The van der Waals surface area contributed by atoms with Crippen LogP contribution in [0.15, 0.2) is 52.1 Å². The molecule has 0 aliphatic carbocycles. The van der Waals surface area contributed by atoms with Crippen LogP contribution < -0.4 is 15.2 Å². The van der Waals surface area contributed by atoms with Gasteiger partial charge in [-0.25, -0.2) is 0 Å². The normalized spacial score (nSPS) is 10.6. The van der Waals surface area contributed by atoms with Gasteiger partial charge in [-0.05, 0) is 42.3 Å². The molecule has 1 heterocycles. The molecule has 0 atom stereocenters. The lowest BCUT2D eigenvalue weighted by atomic mass is 10.2. The van der Waals surface area contributed by atoms with E-state index in [1.165, 1.54) is 24.3 Å². The number of halogens is 2. The summed E-state index contributed by atoms with van der Waals surface area (Å²) in [6.07, 6.45) is 1.14. The SMILES string of the molecule is O=C(CSc1nnc(CCCOc2ccc(Cl)cc2Cl)o1)Nc1ccc(C(=O)[O-])cc1. The van der Waals surface area contributed by atoms with Crippen LogP contribution in [0.5, 0.6) is 5.75 Å². The topological polar surface area (TPSA) is 117 Å². The molecule has 31 heavy (non-hydrogen) atoms. The van der Waals surface area contributed by atoms with Gasteiger partial charge in [0.1, 0.15) is 5.75 Å². The van der Waals surface area contributed by atoms with E-state index in [4.69, 9.17) is 32.4 Å². The van der Waals surface area contributed by atoms with Crippen molar-refractivity contribution in [2.24, 2.45) is 0 Å². The average Bonchev–Trinajstić information content (AvgIpc) is 3.19. The molecule has 0 aliphatic heterocycles. The van der Waals surface area contributed by atoms with Crippen molar-refractivity contribution >= 4 is 52.5 Å². The van der Waals surface area contributed by atoms with Gasteiger partial charge < -0.3 is 24.4 Å². The quantitative estimate of drug-likeness (QED) is 0.346. The van der Waals surface area contributed by atoms with Gasteiger partial charge in [0.2, 0.25) is 11.8 Å². The van der Waals surface area contributed by atoms with Crippen LogP contribution in [0.2, 0.25) is 10.0 Å². The highest BCUT2D eigenvalue weighted by Crippen LogP contribution is 2.27. The van der Waals surface area contributed by atoms with Crippen LogP contribution in [0, 0.1) is 0 Å². The maximum absolute atomic E-state index is 12.0. The van der Waals surface area contributed by atoms with Crippen LogP contribution in [0.3, 0.4) is 0 Å². The Morgan fingerprint density at radius 1 is 1.13 bits per heavy atom. The summed E-state index contributed by atoms with van der Waals surface area (Å²) < 4.78 is 11.1. The molecule has 8 nitrogen and oxygen atoms in total. The molecular formula is C20H16Cl2N3O5S-. The van der Waals surface area contributed by atoms with Crippen LogP contribution in [0.1, 0.15) is 22.7 Å². The van der Waals surface area contributed by atoms with E-state index < -0.39 is 5.97 Å². The van der Waals surface area contributed by atoms with Crippen molar-refractivity contribution in [2.75, 3.05) is 17.7 Å². The fraction of sp³-hybridized carbons (Fsp3) is 0.200. The van der Waals surface area contributed by atoms with Crippen molar-refractivity contribution in [2.45, 2.75) is 18.1 Å². The second-order valence-corrected chi connectivity index (χ2v) is 7.96. The number of anilines is 1. The molecule has 0 saturated heterocycles. The van der Waals surface area contributed by atoms with Gasteiger partial charge in [-0.1, -0.05) is 47.1 Å². The number of carbonyl (C=O) groups excluding carboxylic acids is 2. The van der Waals surface area contributed by atoms with E-state index in [9.17, 15) is 14.7 Å². The molecule has 11 heteroatoms. The molecule has 0 saturated carbocycles. The molecule has 0 aliphatic rings. The van der Waals surface area contributed by atoms with Gasteiger partial charge in [-0.3, -0.25) is 4.79 Å². The largest absolute Gasteiger partial charge is 0.545 e. The summed E-state index contributed by atoms with van der Waals surface area (Å²) >= 11 is 13.0. The zero-order valence-corrected chi connectivity index (χ0v) is 18.3. The Hall–Kier alpha value is -2.75. The molecule has 3 aromatic rings. The zero-order valence-electron chi connectivity index (χ0n) is 16.0. The number of thioether (sulfide) groups is 1. The van der Waals surface area contributed by atoms with Crippen molar-refractivity contribution in [1.29, 1.82) is 0 Å². The van der Waals surface area contributed by atoms with Crippen LogP contribution in [-0.2, 0) is 11.2 Å². The lowest BCUT2D eigenvalue weighted by Crippen LogP contribution is -2.22. The number of aryl methyl sites for hydroxylation is 1. The summed E-state index contributed by atoms with van der Waals surface area (Å²) in [4.78, 5) is 22.7. The van der Waals surface area contributed by atoms with E-state index in [1.54, 1.807) is 18.2 Å². The summed E-state index contributed by atoms with van der Waals surface area (Å²) in [6, 6.07) is 10.7. The smallest absolute Gasteiger partial charge is 0.277 e. The minimum atomic E-state index is -1.28. The van der Waals surface area contributed by atoms with Crippen molar-refractivity contribution in [3.8, 4) is 5.75 Å². The number of amides is 1. The lowest BCUT2D eigenvalue weighted by Gasteiger charge is -2.07. The molecule has 1 N–H and O–H groups in total. The van der Waals surface area contributed by atoms with Crippen LogP contribution in [-0.4, -0.2) is 34.4 Å². The molecule has 0 unspecified atom stereocenters. The molecule has 0 radical (unpaired) electrons. The number of hydrogen-bond acceptors (Lipinski definition) is 8. The molecular weight excluding hydrogens is 465 g/mol. The van der Waals surface area contributed by atoms with E-state index in [0.717, 1.165) is 11.8 Å². The number of ether oxygens (including phenoxy) is 1. The maximum Gasteiger partial charge on any atom is 0.277 e. The summed E-state index contributed by atoms with van der Waals surface area (Å²) in [5.41, 5.74) is 0.509. The standard InChI is InChI=1S/C20H17Cl2N3O5S/c21-13-5-8-16(15(22)10-13)29-9-1-2-18-24-25-20(30-18)31-11-17(26)23-14-6-3-12(4-7-14)19(27)28/h3-8,10H,1-2,9,11H2,(H,23,26)(H,27,28)/p-1. The number of carboxylic acids is 1. The Labute approximate surface area is 191 Å². The third-order valence-corrected chi connectivity index (χ3v) is 5.21. The van der Waals surface area contributed by atoms with Crippen molar-refractivity contribution in [3.63, 3.8) is 0 Å². The number of benzene rings is 2. The second-order valence-electron chi connectivity index (χ2n) is 6.19. The number of aromatic carboxylic acids is 1. The fourth-order valence-corrected chi connectivity index (χ4v) is 3.45. The predicted octanol–water partition coefficient (Wildman–Crippen LogP) is 3.48. The Bertz CT molecular complexity index is 1060. The molecule has 0 spiro atoms. The Kier molecular flexibility index (Phi) is 8.16. The highest BCUT2D eigenvalue weighted by Gasteiger charge is 2.10. The third-order valence-electron chi connectivity index (χ3n) is 3.87. The number of carbonyl (C=O) groups is 2. The first-order valence-electron chi connectivity index (χ1n) is 9.05. The first-order valence-corrected chi connectivity index (χ1v) is 10.8. The number of hydrogen-bond donors (Lipinski definition) is 1. The molecule has 1 aromatic heterocycles. The van der Waals surface area contributed by atoms with Gasteiger partial charge in [-0.2, -0.15) is 0 Å². The molecule has 0 bridgehead atoms. The number of aromatic nitrogens is 2. The Morgan fingerprint density at radius 2 is 1.90 bits per heavy atom. The van der Waals surface area contributed by atoms with Crippen LogP contribution in [0.25, 0.3) is 0 Å². The Balaban J connectivity index is 1.38. The van der Waals surface area contributed by atoms with Crippen molar-refractivity contribution in [1.82, 2.24) is 10.2 Å². The zero-order chi connectivity index (χ0) is 22.2. The van der Waals surface area contributed by atoms with Gasteiger partial charge in [0.25, 0.3) is 5.22 Å². The highest BCUT2D eigenvalue weighted by molar-refractivity contribution is 7.99. The van der Waals surface area contributed by atoms with Crippen molar-refractivity contribution < 1.29 is 23.8 Å². The maximum atomic E-state index is 12.0. The van der Waals surface area contributed by atoms with Crippen LogP contribution in [0.4, 0.5) is 5.69 Å².